The molecule has 5 rings (SSSR count). The Morgan fingerprint density at radius 3 is 2.64 bits per heavy atom. The Morgan fingerprint density at radius 2 is 1.89 bits per heavy atom. The van der Waals surface area contributed by atoms with Crippen LogP contribution < -0.4 is 21.7 Å². The number of piperidine rings is 1. The molecule has 2 unspecified atom stereocenters. The second-order valence-electron chi connectivity index (χ2n) is 8.53. The lowest BCUT2D eigenvalue weighted by Crippen LogP contribution is -2.51. The largest absolute Gasteiger partial charge is 0.438 e. The van der Waals surface area contributed by atoms with Crippen LogP contribution in [-0.2, 0) is 0 Å². The molecule has 5 heterocycles. The van der Waals surface area contributed by atoms with E-state index >= 15 is 0 Å². The lowest BCUT2D eigenvalue weighted by atomic mass is 9.93. The summed E-state index contributed by atoms with van der Waals surface area (Å²) in [5.74, 6) is -2.38. The quantitative estimate of drug-likeness (QED) is 0.385. The summed E-state index contributed by atoms with van der Waals surface area (Å²) in [5, 5.41) is 2.69. The van der Waals surface area contributed by atoms with Crippen molar-refractivity contribution in [3.8, 4) is 11.1 Å². The number of rotatable bonds is 4. The van der Waals surface area contributed by atoms with Gasteiger partial charge in [0.2, 0.25) is 5.88 Å². The van der Waals surface area contributed by atoms with E-state index in [0.717, 1.165) is 0 Å². The minimum atomic E-state index is -4.38. The predicted octanol–water partition coefficient (Wildman–Crippen LogP) is 3.23. The average Bonchev–Trinajstić information content (AvgIpc) is 3.19. The van der Waals surface area contributed by atoms with Crippen LogP contribution in [0.2, 0.25) is 0 Å². The number of carbonyl (C=O) groups excluding carboxylic acids is 1. The van der Waals surface area contributed by atoms with Gasteiger partial charge in [-0.2, -0.15) is 13.2 Å². The Kier molecular flexibility index (Phi) is 5.92. The van der Waals surface area contributed by atoms with E-state index in [1.54, 1.807) is 18.5 Å². The van der Waals surface area contributed by atoms with Crippen LogP contribution in [0, 0.1) is 5.92 Å². The number of fused-ring (bicyclic) bond motifs is 1. The first kappa shape index (κ1) is 23.5. The van der Waals surface area contributed by atoms with Gasteiger partial charge in [0.25, 0.3) is 5.91 Å². The van der Waals surface area contributed by atoms with Crippen molar-refractivity contribution in [2.75, 3.05) is 29.0 Å². The van der Waals surface area contributed by atoms with Crippen molar-refractivity contribution in [2.45, 2.75) is 18.6 Å². The summed E-state index contributed by atoms with van der Waals surface area (Å²) in [7, 11) is 0. The van der Waals surface area contributed by atoms with E-state index in [1.807, 2.05) is 0 Å². The van der Waals surface area contributed by atoms with Gasteiger partial charge in [-0.1, -0.05) is 0 Å². The molecule has 0 bridgehead atoms. The smallest absolute Gasteiger partial charge is 0.393 e. The topological polar surface area (TPSA) is 149 Å². The molecule has 5 N–H and O–H groups in total. The van der Waals surface area contributed by atoms with E-state index in [1.165, 1.54) is 35.9 Å². The van der Waals surface area contributed by atoms with Gasteiger partial charge in [0, 0.05) is 55.0 Å². The third-order valence-corrected chi connectivity index (χ3v) is 6.01. The van der Waals surface area contributed by atoms with E-state index in [9.17, 15) is 18.0 Å². The number of anilines is 3. The van der Waals surface area contributed by atoms with Gasteiger partial charge in [-0.3, -0.25) is 14.8 Å². The second kappa shape index (κ2) is 9.07. The molecule has 0 aromatic carbocycles. The van der Waals surface area contributed by atoms with Gasteiger partial charge in [-0.15, -0.1) is 0 Å². The zero-order valence-corrected chi connectivity index (χ0v) is 18.7. The molecule has 1 amide bonds. The Labute approximate surface area is 202 Å². The number of furan rings is 1. The zero-order chi connectivity index (χ0) is 25.4. The van der Waals surface area contributed by atoms with Crippen molar-refractivity contribution in [1.82, 2.24) is 19.9 Å². The van der Waals surface area contributed by atoms with Gasteiger partial charge in [0.1, 0.15) is 17.4 Å². The van der Waals surface area contributed by atoms with Gasteiger partial charge < -0.3 is 26.1 Å². The molecule has 1 saturated heterocycles. The van der Waals surface area contributed by atoms with E-state index in [2.05, 4.69) is 25.3 Å². The Morgan fingerprint density at radius 1 is 1.11 bits per heavy atom. The molecule has 1 fully saturated rings. The maximum absolute atomic E-state index is 13.4. The van der Waals surface area contributed by atoms with Crippen molar-refractivity contribution in [3.05, 3.63) is 55.0 Å². The van der Waals surface area contributed by atoms with E-state index < -0.39 is 24.0 Å². The number of amides is 1. The maximum Gasteiger partial charge on any atom is 0.393 e. The van der Waals surface area contributed by atoms with Crippen LogP contribution >= 0.6 is 0 Å². The molecule has 0 saturated carbocycles. The number of alkyl halides is 3. The molecule has 186 valence electrons. The maximum atomic E-state index is 13.4. The molecule has 13 heteroatoms. The highest BCUT2D eigenvalue weighted by Crippen LogP contribution is 2.37. The molecule has 1 aliphatic rings. The summed E-state index contributed by atoms with van der Waals surface area (Å²) in [6, 6.07) is 2.52. The number of nitrogen functional groups attached to an aromatic ring is 1. The highest BCUT2D eigenvalue weighted by atomic mass is 19.4. The van der Waals surface area contributed by atoms with E-state index in [4.69, 9.17) is 15.9 Å². The molecule has 0 spiro atoms. The fourth-order valence-electron chi connectivity index (χ4n) is 4.34. The van der Waals surface area contributed by atoms with Crippen LogP contribution in [0.3, 0.4) is 0 Å². The first-order valence-corrected chi connectivity index (χ1v) is 11.0. The van der Waals surface area contributed by atoms with Gasteiger partial charge >= 0.3 is 6.18 Å². The zero-order valence-electron chi connectivity index (χ0n) is 18.7. The number of halogens is 3. The van der Waals surface area contributed by atoms with Crippen molar-refractivity contribution >= 4 is 34.3 Å². The molecule has 10 nitrogen and oxygen atoms in total. The van der Waals surface area contributed by atoms with Crippen molar-refractivity contribution in [1.29, 1.82) is 0 Å². The minimum absolute atomic E-state index is 0.000761. The normalized spacial score (nSPS) is 18.4. The number of carbonyl (C=O) groups is 1. The number of aromatic nitrogens is 4. The van der Waals surface area contributed by atoms with Crippen LogP contribution in [0.5, 0.6) is 0 Å². The highest BCUT2D eigenvalue weighted by Gasteiger charge is 2.44. The molecular formula is C23H21F3N8O2. The number of pyridine rings is 2. The Hall–Kier alpha value is -4.26. The minimum Gasteiger partial charge on any atom is -0.438 e. The molecule has 2 atom stereocenters. The number of nitrogens with zero attached hydrogens (tertiary/aromatic N) is 5. The van der Waals surface area contributed by atoms with Crippen molar-refractivity contribution in [3.63, 3.8) is 0 Å². The third kappa shape index (κ3) is 4.52. The molecule has 36 heavy (non-hydrogen) atoms. The van der Waals surface area contributed by atoms with Gasteiger partial charge in [0.05, 0.1) is 23.5 Å². The van der Waals surface area contributed by atoms with Gasteiger partial charge in [-0.25, -0.2) is 9.97 Å². The van der Waals surface area contributed by atoms with Gasteiger partial charge in [-0.05, 0) is 18.6 Å². The Bertz CT molecular complexity index is 1410. The number of hydrogen-bond acceptors (Lipinski definition) is 9. The molecule has 0 aliphatic carbocycles. The lowest BCUT2D eigenvalue weighted by molar-refractivity contribution is -0.177. The molecule has 4 aromatic rings. The number of nitrogens with one attached hydrogen (secondary N) is 1. The van der Waals surface area contributed by atoms with Crippen LogP contribution in [0.1, 0.15) is 16.8 Å². The lowest BCUT2D eigenvalue weighted by Gasteiger charge is -2.39. The second-order valence-corrected chi connectivity index (χ2v) is 8.53. The fraction of sp³-hybridized carbons (Fsp3) is 0.261. The van der Waals surface area contributed by atoms with Crippen molar-refractivity contribution < 1.29 is 22.4 Å². The number of nitrogens with two attached hydrogens (primary N) is 2. The van der Waals surface area contributed by atoms with Crippen molar-refractivity contribution in [2.24, 2.45) is 11.7 Å². The molecule has 4 aromatic heterocycles. The molecular weight excluding hydrogens is 477 g/mol. The standard InChI is InChI=1S/C23H21F3N8O2/c24-23(25,26)14-4-15(27)10-34(9-14)17-1-2-29-8-16(17)33-22(35)19-20-18(36-21(19)28)3-12(7-32-20)13-5-30-11-31-6-13/h1-3,5-8,11,14-15H,4,9-10,27-28H2,(H,33,35). The summed E-state index contributed by atoms with van der Waals surface area (Å²) in [5.41, 5.74) is 14.4. The van der Waals surface area contributed by atoms with Crippen LogP contribution in [-0.4, -0.2) is 51.2 Å². The predicted molar refractivity (Wildman–Crippen MR) is 126 cm³/mol. The Balaban J connectivity index is 1.44. The van der Waals surface area contributed by atoms with Crippen LogP contribution in [0.15, 0.2) is 53.9 Å². The van der Waals surface area contributed by atoms with Gasteiger partial charge in [0.15, 0.2) is 5.58 Å². The van der Waals surface area contributed by atoms with E-state index in [0.29, 0.717) is 16.8 Å². The molecule has 0 radical (unpaired) electrons. The third-order valence-electron chi connectivity index (χ3n) is 6.01. The monoisotopic (exact) mass is 498 g/mol. The summed E-state index contributed by atoms with van der Waals surface area (Å²) < 4.78 is 45.9. The molecule has 1 aliphatic heterocycles. The SMILES string of the molecule is Nc1oc2cc(-c3cncnc3)cnc2c1C(=O)Nc1cnccc1N1CC(N)CC(C(F)(F)F)C1. The number of hydrogen-bond donors (Lipinski definition) is 3. The fourth-order valence-corrected chi connectivity index (χ4v) is 4.34. The highest BCUT2D eigenvalue weighted by molar-refractivity contribution is 6.15. The summed E-state index contributed by atoms with van der Waals surface area (Å²) in [6.45, 7) is -0.0851. The first-order chi connectivity index (χ1) is 17.2. The summed E-state index contributed by atoms with van der Waals surface area (Å²) in [6.07, 6.45) is 4.40. The summed E-state index contributed by atoms with van der Waals surface area (Å²) in [4.78, 5) is 31.0. The van der Waals surface area contributed by atoms with E-state index in [-0.39, 0.29) is 47.7 Å². The van der Waals surface area contributed by atoms with Crippen LogP contribution in [0.25, 0.3) is 22.2 Å². The summed E-state index contributed by atoms with van der Waals surface area (Å²) >= 11 is 0. The average molecular weight is 498 g/mol. The first-order valence-electron chi connectivity index (χ1n) is 11.0. The van der Waals surface area contributed by atoms with Crippen LogP contribution in [0.4, 0.5) is 30.4 Å².